The van der Waals surface area contributed by atoms with Gasteiger partial charge in [0.15, 0.2) is 5.16 Å². The van der Waals surface area contributed by atoms with Gasteiger partial charge in [-0.1, -0.05) is 30.0 Å². The van der Waals surface area contributed by atoms with Crippen molar-refractivity contribution >= 4 is 40.0 Å². The van der Waals surface area contributed by atoms with Crippen LogP contribution in [-0.2, 0) is 11.3 Å². The average Bonchev–Trinajstić information content (AvgIpc) is 3.13. The van der Waals surface area contributed by atoms with Crippen molar-refractivity contribution in [2.45, 2.75) is 23.9 Å². The van der Waals surface area contributed by atoms with E-state index in [1.54, 1.807) is 11.3 Å². The highest BCUT2D eigenvalue weighted by Crippen LogP contribution is 2.23. The second kappa shape index (κ2) is 6.32. The number of para-hydroxylation sites is 2. The number of rotatable bonds is 5. The summed E-state index contributed by atoms with van der Waals surface area (Å²) in [6, 6.07) is 11.9. The van der Waals surface area contributed by atoms with Gasteiger partial charge < -0.3 is 10.3 Å². The molecule has 2 N–H and O–H groups in total. The fourth-order valence-electron chi connectivity index (χ4n) is 1.94. The zero-order valence-electron chi connectivity index (χ0n) is 11.5. The molecule has 0 spiro atoms. The van der Waals surface area contributed by atoms with Crippen LogP contribution in [0, 0.1) is 0 Å². The van der Waals surface area contributed by atoms with Gasteiger partial charge in [-0.15, -0.1) is 11.3 Å². The van der Waals surface area contributed by atoms with Crippen LogP contribution in [0.2, 0.25) is 0 Å². The van der Waals surface area contributed by atoms with E-state index >= 15 is 0 Å². The van der Waals surface area contributed by atoms with Crippen molar-refractivity contribution in [3.63, 3.8) is 0 Å². The number of hydrogen-bond donors (Lipinski definition) is 2. The van der Waals surface area contributed by atoms with E-state index in [1.807, 2.05) is 48.7 Å². The summed E-state index contributed by atoms with van der Waals surface area (Å²) in [5, 5.41) is 5.54. The Labute approximate surface area is 131 Å². The van der Waals surface area contributed by atoms with Gasteiger partial charge in [-0.05, 0) is 30.5 Å². The van der Waals surface area contributed by atoms with E-state index in [9.17, 15) is 4.79 Å². The predicted molar refractivity (Wildman–Crippen MR) is 87.6 cm³/mol. The van der Waals surface area contributed by atoms with E-state index in [2.05, 4.69) is 15.3 Å². The summed E-state index contributed by atoms with van der Waals surface area (Å²) in [6.45, 7) is 2.48. The van der Waals surface area contributed by atoms with Gasteiger partial charge in [-0.2, -0.15) is 0 Å². The minimum Gasteiger partial charge on any atom is -0.350 e. The third kappa shape index (κ3) is 3.46. The predicted octanol–water partition coefficient (Wildman–Crippen LogP) is 3.42. The average molecular weight is 317 g/mol. The van der Waals surface area contributed by atoms with Crippen LogP contribution in [0.1, 0.15) is 11.8 Å². The summed E-state index contributed by atoms with van der Waals surface area (Å²) in [4.78, 5) is 20.9. The fraction of sp³-hybridized carbons (Fsp3) is 0.200. The minimum atomic E-state index is -0.189. The molecule has 0 aliphatic carbocycles. The Morgan fingerprint density at radius 2 is 2.24 bits per heavy atom. The Hall–Kier alpha value is -1.79. The smallest absolute Gasteiger partial charge is 0.233 e. The number of carbonyl (C=O) groups excluding carboxylic acids is 1. The second-order valence-electron chi connectivity index (χ2n) is 4.62. The molecule has 1 atom stereocenters. The van der Waals surface area contributed by atoms with Crippen LogP contribution in [-0.4, -0.2) is 21.1 Å². The molecule has 2 heterocycles. The first-order valence-corrected chi connectivity index (χ1v) is 8.40. The summed E-state index contributed by atoms with van der Waals surface area (Å²) < 4.78 is 0. The first-order chi connectivity index (χ1) is 10.2. The molecule has 0 aliphatic rings. The topological polar surface area (TPSA) is 57.8 Å². The van der Waals surface area contributed by atoms with Crippen LogP contribution in [0.5, 0.6) is 0 Å². The maximum Gasteiger partial charge on any atom is 0.233 e. The lowest BCUT2D eigenvalue weighted by Gasteiger charge is -2.09. The molecule has 2 aromatic heterocycles. The Bertz CT molecular complexity index is 703. The number of nitrogens with zero attached hydrogens (tertiary/aromatic N) is 1. The largest absolute Gasteiger partial charge is 0.350 e. The second-order valence-corrected chi connectivity index (χ2v) is 6.98. The number of nitrogens with one attached hydrogen (secondary N) is 2. The van der Waals surface area contributed by atoms with E-state index < -0.39 is 0 Å². The maximum atomic E-state index is 12.1. The highest BCUT2D eigenvalue weighted by Gasteiger charge is 2.16. The van der Waals surface area contributed by atoms with E-state index in [-0.39, 0.29) is 11.2 Å². The van der Waals surface area contributed by atoms with E-state index in [0.29, 0.717) is 6.54 Å². The third-order valence-electron chi connectivity index (χ3n) is 3.04. The van der Waals surface area contributed by atoms with Crippen molar-refractivity contribution < 1.29 is 4.79 Å². The standard InChI is InChI=1S/C15H15N3OS2/c1-10(14(19)16-9-11-5-4-8-20-11)21-15-17-12-6-2-3-7-13(12)18-15/h2-8,10H,9H2,1H3,(H,16,19)(H,17,18)/t10-/m0/s1. The highest BCUT2D eigenvalue weighted by atomic mass is 32.2. The molecule has 0 unspecified atom stereocenters. The van der Waals surface area contributed by atoms with Gasteiger partial charge in [0.05, 0.1) is 22.8 Å². The molecule has 0 saturated heterocycles. The van der Waals surface area contributed by atoms with Gasteiger partial charge >= 0.3 is 0 Å². The zero-order chi connectivity index (χ0) is 14.7. The SMILES string of the molecule is C[C@H](Sc1nc2ccccc2[nH]1)C(=O)NCc1cccs1. The van der Waals surface area contributed by atoms with Crippen molar-refractivity contribution in [1.29, 1.82) is 0 Å². The van der Waals surface area contributed by atoms with Crippen LogP contribution < -0.4 is 5.32 Å². The minimum absolute atomic E-state index is 0.0221. The Morgan fingerprint density at radius 3 is 3.00 bits per heavy atom. The fourth-order valence-corrected chi connectivity index (χ4v) is 3.43. The Morgan fingerprint density at radius 1 is 1.38 bits per heavy atom. The zero-order valence-corrected chi connectivity index (χ0v) is 13.1. The normalized spacial score (nSPS) is 12.4. The number of H-pyrrole nitrogens is 1. The van der Waals surface area contributed by atoms with Crippen molar-refractivity contribution in [2.24, 2.45) is 0 Å². The van der Waals surface area contributed by atoms with E-state index in [1.165, 1.54) is 11.8 Å². The number of amides is 1. The maximum absolute atomic E-state index is 12.1. The molecule has 0 fully saturated rings. The highest BCUT2D eigenvalue weighted by molar-refractivity contribution is 8.00. The lowest BCUT2D eigenvalue weighted by molar-refractivity contribution is -0.120. The molecule has 3 rings (SSSR count). The molecular formula is C15H15N3OS2. The lowest BCUT2D eigenvalue weighted by Crippen LogP contribution is -2.30. The summed E-state index contributed by atoms with van der Waals surface area (Å²) in [5.41, 5.74) is 1.91. The number of thioether (sulfide) groups is 1. The molecule has 21 heavy (non-hydrogen) atoms. The molecule has 0 bridgehead atoms. The van der Waals surface area contributed by atoms with Gasteiger partial charge in [0.1, 0.15) is 0 Å². The van der Waals surface area contributed by atoms with Crippen molar-refractivity contribution in [3.8, 4) is 0 Å². The molecule has 3 aromatic rings. The van der Waals surface area contributed by atoms with Gasteiger partial charge in [0, 0.05) is 4.88 Å². The molecule has 0 aliphatic heterocycles. The Kier molecular flexibility index (Phi) is 4.26. The molecular weight excluding hydrogens is 302 g/mol. The van der Waals surface area contributed by atoms with Gasteiger partial charge in [-0.25, -0.2) is 4.98 Å². The number of fused-ring (bicyclic) bond motifs is 1. The quantitative estimate of drug-likeness (QED) is 0.709. The van der Waals surface area contributed by atoms with Crippen molar-refractivity contribution in [2.75, 3.05) is 0 Å². The summed E-state index contributed by atoms with van der Waals surface area (Å²) >= 11 is 3.08. The number of hydrogen-bond acceptors (Lipinski definition) is 4. The number of aromatic amines is 1. The van der Waals surface area contributed by atoms with Crippen molar-refractivity contribution in [1.82, 2.24) is 15.3 Å². The molecule has 108 valence electrons. The first-order valence-electron chi connectivity index (χ1n) is 6.64. The summed E-state index contributed by atoms with van der Waals surface area (Å²) in [7, 11) is 0. The Balaban J connectivity index is 1.59. The number of carbonyl (C=O) groups is 1. The van der Waals surface area contributed by atoms with Crippen LogP contribution >= 0.6 is 23.1 Å². The van der Waals surface area contributed by atoms with Crippen LogP contribution in [0.25, 0.3) is 11.0 Å². The monoisotopic (exact) mass is 317 g/mol. The molecule has 4 nitrogen and oxygen atoms in total. The van der Waals surface area contributed by atoms with E-state index in [4.69, 9.17) is 0 Å². The number of aromatic nitrogens is 2. The third-order valence-corrected chi connectivity index (χ3v) is 4.90. The molecule has 1 amide bonds. The van der Waals surface area contributed by atoms with Crippen LogP contribution in [0.4, 0.5) is 0 Å². The number of benzene rings is 1. The van der Waals surface area contributed by atoms with Crippen LogP contribution in [0.3, 0.4) is 0 Å². The molecule has 6 heteroatoms. The lowest BCUT2D eigenvalue weighted by atomic mass is 10.3. The summed E-state index contributed by atoms with van der Waals surface area (Å²) in [6.07, 6.45) is 0. The van der Waals surface area contributed by atoms with E-state index in [0.717, 1.165) is 21.1 Å². The molecule has 1 aromatic carbocycles. The molecule has 0 saturated carbocycles. The first kappa shape index (κ1) is 14.2. The summed E-state index contributed by atoms with van der Waals surface area (Å²) in [5.74, 6) is 0.0221. The van der Waals surface area contributed by atoms with Crippen molar-refractivity contribution in [3.05, 3.63) is 46.7 Å². The number of imidazole rings is 1. The van der Waals surface area contributed by atoms with Gasteiger partial charge in [0.25, 0.3) is 0 Å². The van der Waals surface area contributed by atoms with Gasteiger partial charge in [0.2, 0.25) is 5.91 Å². The van der Waals surface area contributed by atoms with Gasteiger partial charge in [-0.3, -0.25) is 4.79 Å². The number of thiophene rings is 1. The van der Waals surface area contributed by atoms with Crippen LogP contribution in [0.15, 0.2) is 46.9 Å². The molecule has 0 radical (unpaired) electrons.